The fraction of sp³-hybridized carbons (Fsp3) is 0.333. The van der Waals surface area contributed by atoms with E-state index in [2.05, 4.69) is 57.9 Å². The largest absolute Gasteiger partial charge is 0.380 e. The van der Waals surface area contributed by atoms with Crippen molar-refractivity contribution in [1.82, 2.24) is 14.8 Å². The lowest BCUT2D eigenvalue weighted by atomic mass is 10.1. The highest BCUT2D eigenvalue weighted by atomic mass is 79.9. The summed E-state index contributed by atoms with van der Waals surface area (Å²) in [5.74, 6) is 0. The molecule has 0 saturated carbocycles. The van der Waals surface area contributed by atoms with Crippen molar-refractivity contribution in [1.29, 1.82) is 0 Å². The van der Waals surface area contributed by atoms with E-state index in [9.17, 15) is 5.11 Å². The van der Waals surface area contributed by atoms with E-state index < -0.39 is 6.10 Å². The van der Waals surface area contributed by atoms with Crippen LogP contribution >= 0.6 is 47.8 Å². The van der Waals surface area contributed by atoms with Crippen molar-refractivity contribution in [3.8, 4) is 0 Å². The normalized spacial score (nSPS) is 13.0. The molecular formula is C12H12Br3N3O. The van der Waals surface area contributed by atoms with Crippen LogP contribution in [0.1, 0.15) is 37.4 Å². The first kappa shape index (κ1) is 15.2. The second-order valence-corrected chi connectivity index (χ2v) is 6.96. The van der Waals surface area contributed by atoms with Crippen LogP contribution in [0.4, 0.5) is 0 Å². The zero-order valence-electron chi connectivity index (χ0n) is 10.3. The minimum absolute atomic E-state index is 0.158. The Morgan fingerprint density at radius 1 is 1.16 bits per heavy atom. The minimum Gasteiger partial charge on any atom is -0.380 e. The third-order valence-electron chi connectivity index (χ3n) is 2.63. The van der Waals surface area contributed by atoms with Gasteiger partial charge in [-0.15, -0.1) is 0 Å². The van der Waals surface area contributed by atoms with Gasteiger partial charge < -0.3 is 5.11 Å². The van der Waals surface area contributed by atoms with Crippen LogP contribution < -0.4 is 0 Å². The highest BCUT2D eigenvalue weighted by Gasteiger charge is 2.23. The van der Waals surface area contributed by atoms with Crippen LogP contribution in [-0.2, 0) is 0 Å². The van der Waals surface area contributed by atoms with Gasteiger partial charge in [0.05, 0.1) is 22.1 Å². The Labute approximate surface area is 136 Å². The quantitative estimate of drug-likeness (QED) is 0.756. The molecule has 0 amide bonds. The van der Waals surface area contributed by atoms with Gasteiger partial charge in [0, 0.05) is 21.2 Å². The molecule has 19 heavy (non-hydrogen) atoms. The van der Waals surface area contributed by atoms with Crippen molar-refractivity contribution in [2.24, 2.45) is 0 Å². The molecule has 0 aliphatic rings. The van der Waals surface area contributed by atoms with E-state index >= 15 is 0 Å². The van der Waals surface area contributed by atoms with Crippen LogP contribution in [0.3, 0.4) is 0 Å². The maximum atomic E-state index is 10.6. The summed E-state index contributed by atoms with van der Waals surface area (Å²) in [7, 11) is 0. The molecule has 1 unspecified atom stereocenters. The van der Waals surface area contributed by atoms with Gasteiger partial charge in [-0.3, -0.25) is 9.67 Å². The third-order valence-corrected chi connectivity index (χ3v) is 4.31. The zero-order chi connectivity index (χ0) is 14.2. The molecule has 7 heteroatoms. The lowest BCUT2D eigenvalue weighted by Gasteiger charge is -2.17. The van der Waals surface area contributed by atoms with E-state index in [4.69, 9.17) is 0 Å². The first-order valence-electron chi connectivity index (χ1n) is 5.63. The maximum absolute atomic E-state index is 10.6. The third kappa shape index (κ3) is 3.09. The van der Waals surface area contributed by atoms with Gasteiger partial charge in [0.1, 0.15) is 6.10 Å². The van der Waals surface area contributed by atoms with Crippen molar-refractivity contribution in [3.05, 3.63) is 43.3 Å². The molecule has 2 rings (SSSR count). The summed E-state index contributed by atoms with van der Waals surface area (Å²) in [5, 5.41) is 14.8. The lowest BCUT2D eigenvalue weighted by molar-refractivity contribution is 0.198. The molecule has 0 fully saturated rings. The molecule has 2 aromatic rings. The summed E-state index contributed by atoms with van der Waals surface area (Å²) in [6.07, 6.45) is 2.50. The van der Waals surface area contributed by atoms with E-state index in [0.717, 1.165) is 13.4 Å². The molecular weight excluding hydrogens is 442 g/mol. The Kier molecular flexibility index (Phi) is 4.81. The predicted octanol–water partition coefficient (Wildman–Crippen LogP) is 4.23. The number of aromatic nitrogens is 3. The van der Waals surface area contributed by atoms with E-state index in [1.807, 2.05) is 19.9 Å². The first-order chi connectivity index (χ1) is 8.91. The molecule has 2 aromatic heterocycles. The monoisotopic (exact) mass is 451 g/mol. The summed E-state index contributed by atoms with van der Waals surface area (Å²) in [6.45, 7) is 4.03. The van der Waals surface area contributed by atoms with Gasteiger partial charge >= 0.3 is 0 Å². The molecule has 0 radical (unpaired) electrons. The zero-order valence-corrected chi connectivity index (χ0v) is 15.1. The minimum atomic E-state index is -0.846. The average molecular weight is 454 g/mol. The number of hydrogen-bond acceptors (Lipinski definition) is 3. The van der Waals surface area contributed by atoms with Crippen LogP contribution in [0.2, 0.25) is 0 Å². The van der Waals surface area contributed by atoms with Crippen molar-refractivity contribution >= 4 is 47.8 Å². The van der Waals surface area contributed by atoms with E-state index in [1.54, 1.807) is 17.1 Å². The van der Waals surface area contributed by atoms with E-state index in [1.165, 1.54) is 0 Å². The number of halogens is 3. The Balaban J connectivity index is 2.49. The van der Waals surface area contributed by atoms with Crippen molar-refractivity contribution in [2.75, 3.05) is 0 Å². The Hall–Kier alpha value is -0.240. The topological polar surface area (TPSA) is 50.9 Å². The highest BCUT2D eigenvalue weighted by molar-refractivity contribution is 9.11. The summed E-state index contributed by atoms with van der Waals surface area (Å²) in [6, 6.07) is 2.01. The number of aliphatic hydroxyl groups is 1. The number of rotatable bonds is 3. The van der Waals surface area contributed by atoms with Crippen molar-refractivity contribution in [3.63, 3.8) is 0 Å². The molecule has 0 aliphatic heterocycles. The Morgan fingerprint density at radius 3 is 2.42 bits per heavy atom. The van der Waals surface area contributed by atoms with Gasteiger partial charge in [0.15, 0.2) is 0 Å². The maximum Gasteiger partial charge on any atom is 0.140 e. The summed E-state index contributed by atoms with van der Waals surface area (Å²) < 4.78 is 4.15. The van der Waals surface area contributed by atoms with E-state index in [0.29, 0.717) is 11.4 Å². The van der Waals surface area contributed by atoms with Crippen molar-refractivity contribution in [2.45, 2.75) is 26.0 Å². The van der Waals surface area contributed by atoms with Gasteiger partial charge in [-0.25, -0.2) is 0 Å². The second kappa shape index (κ2) is 6.03. The van der Waals surface area contributed by atoms with Crippen LogP contribution in [0, 0.1) is 0 Å². The number of hydrogen-bond donors (Lipinski definition) is 1. The summed E-state index contributed by atoms with van der Waals surface area (Å²) >= 11 is 10.2. The molecule has 0 bridgehead atoms. The standard InChI is InChI=1S/C12H12Br3N3O/c1-6(2)18-11(9(15)5-17-18)12(19)10-8(14)3-7(13)4-16-10/h3-6,12,19H,1-2H3. The number of nitrogens with zero attached hydrogens (tertiary/aromatic N) is 3. The predicted molar refractivity (Wildman–Crippen MR) is 84.0 cm³/mol. The number of aliphatic hydroxyl groups excluding tert-OH is 1. The SMILES string of the molecule is CC(C)n1ncc(Br)c1C(O)c1ncc(Br)cc1Br. The number of pyridine rings is 1. The van der Waals surface area contributed by atoms with Crippen LogP contribution in [-0.4, -0.2) is 19.9 Å². The molecule has 102 valence electrons. The van der Waals surface area contributed by atoms with Gasteiger partial charge in [0.2, 0.25) is 0 Å². The molecule has 2 heterocycles. The summed E-state index contributed by atoms with van der Waals surface area (Å²) in [5.41, 5.74) is 1.26. The van der Waals surface area contributed by atoms with Gasteiger partial charge in [-0.2, -0.15) is 5.10 Å². The van der Waals surface area contributed by atoms with Crippen LogP contribution in [0.5, 0.6) is 0 Å². The molecule has 1 atom stereocenters. The van der Waals surface area contributed by atoms with Gasteiger partial charge in [0.25, 0.3) is 0 Å². The Bertz CT molecular complexity index is 598. The fourth-order valence-corrected chi connectivity index (χ4v) is 3.47. The fourth-order valence-electron chi connectivity index (χ4n) is 1.77. The smallest absolute Gasteiger partial charge is 0.140 e. The average Bonchev–Trinajstić information content (AvgIpc) is 2.70. The molecule has 0 aliphatic carbocycles. The molecule has 1 N–H and O–H groups in total. The molecule has 0 saturated heterocycles. The van der Waals surface area contributed by atoms with Crippen molar-refractivity contribution < 1.29 is 5.11 Å². The lowest BCUT2D eigenvalue weighted by Crippen LogP contribution is -2.14. The van der Waals surface area contributed by atoms with Gasteiger partial charge in [-0.05, 0) is 67.7 Å². The molecule has 0 aromatic carbocycles. The second-order valence-electron chi connectivity index (χ2n) is 4.34. The molecule has 0 spiro atoms. The highest BCUT2D eigenvalue weighted by Crippen LogP contribution is 2.33. The van der Waals surface area contributed by atoms with E-state index in [-0.39, 0.29) is 6.04 Å². The van der Waals surface area contributed by atoms with Gasteiger partial charge in [-0.1, -0.05) is 0 Å². The molecule has 4 nitrogen and oxygen atoms in total. The van der Waals surface area contributed by atoms with Crippen LogP contribution in [0.15, 0.2) is 31.9 Å². The summed E-state index contributed by atoms with van der Waals surface area (Å²) in [4.78, 5) is 4.27. The Morgan fingerprint density at radius 2 is 1.84 bits per heavy atom. The van der Waals surface area contributed by atoms with Crippen LogP contribution in [0.25, 0.3) is 0 Å². The first-order valence-corrected chi connectivity index (χ1v) is 8.01.